The van der Waals surface area contributed by atoms with Crippen LogP contribution in [0.1, 0.15) is 27.7 Å². The monoisotopic (exact) mass is 268 g/mol. The molecule has 0 bridgehead atoms. The topological polar surface area (TPSA) is 6.48 Å². The molecule has 0 aliphatic carbocycles. The molecule has 0 heterocycles. The van der Waals surface area contributed by atoms with Crippen molar-refractivity contribution in [2.45, 2.75) is 38.4 Å². The highest BCUT2D eigenvalue weighted by Gasteiger charge is 2.20. The van der Waals surface area contributed by atoms with Gasteiger partial charge in [-0.1, -0.05) is 27.7 Å². The Morgan fingerprint density at radius 2 is 0.938 bits per heavy atom. The Morgan fingerprint density at radius 1 is 0.688 bits per heavy atom. The van der Waals surface area contributed by atoms with Gasteiger partial charge in [-0.2, -0.15) is 0 Å². The van der Waals surface area contributed by atoms with E-state index in [9.17, 15) is 0 Å². The average molecular weight is 269 g/mol. The van der Waals surface area contributed by atoms with Crippen molar-refractivity contribution in [2.24, 2.45) is 0 Å². The van der Waals surface area contributed by atoms with Crippen LogP contribution in [0.4, 0.5) is 0 Å². The first kappa shape index (κ1) is 16.5. The Kier molecular flexibility index (Phi) is 9.82. The number of nitrogens with zero attached hydrogens (tertiary/aromatic N) is 2. The molecule has 16 heavy (non-hydrogen) atoms. The Morgan fingerprint density at radius 3 is 1.12 bits per heavy atom. The highest BCUT2D eigenvalue weighted by atomic mass is 35.5. The fourth-order valence-corrected chi connectivity index (χ4v) is 2.24. The summed E-state index contributed by atoms with van der Waals surface area (Å²) in [5.41, 5.74) is 0. The molecule has 4 heteroatoms. The standard InChI is InChI=1S/C12H26Cl2N2/c1-5-15(6-2)9-11(13)12(14)10-16(7-3)8-4/h11-12H,5-10H2,1-4H3. The second kappa shape index (κ2) is 9.52. The van der Waals surface area contributed by atoms with Gasteiger partial charge in [0.15, 0.2) is 0 Å². The Hall–Kier alpha value is 0.500. The normalized spacial score (nSPS) is 15.8. The van der Waals surface area contributed by atoms with Gasteiger partial charge >= 0.3 is 0 Å². The van der Waals surface area contributed by atoms with Gasteiger partial charge in [-0.25, -0.2) is 0 Å². The molecule has 0 saturated carbocycles. The molecule has 0 fully saturated rings. The maximum absolute atomic E-state index is 6.34. The second-order valence-electron chi connectivity index (χ2n) is 4.00. The second-order valence-corrected chi connectivity index (χ2v) is 5.12. The first-order chi connectivity index (χ1) is 7.58. The summed E-state index contributed by atoms with van der Waals surface area (Å²) in [6.45, 7) is 14.5. The molecule has 0 N–H and O–H groups in total. The van der Waals surface area contributed by atoms with Gasteiger partial charge in [0, 0.05) is 13.1 Å². The molecule has 2 nitrogen and oxygen atoms in total. The summed E-state index contributed by atoms with van der Waals surface area (Å²) in [4.78, 5) is 4.63. The van der Waals surface area contributed by atoms with Crippen LogP contribution in [0.15, 0.2) is 0 Å². The third-order valence-electron chi connectivity index (χ3n) is 3.05. The van der Waals surface area contributed by atoms with Crippen LogP contribution in [0.3, 0.4) is 0 Å². The van der Waals surface area contributed by atoms with E-state index in [2.05, 4.69) is 37.5 Å². The maximum Gasteiger partial charge on any atom is 0.0639 e. The van der Waals surface area contributed by atoms with E-state index < -0.39 is 0 Å². The zero-order valence-electron chi connectivity index (χ0n) is 11.0. The van der Waals surface area contributed by atoms with Crippen LogP contribution in [-0.2, 0) is 0 Å². The third kappa shape index (κ3) is 6.29. The predicted molar refractivity (Wildman–Crippen MR) is 74.9 cm³/mol. The van der Waals surface area contributed by atoms with Gasteiger partial charge in [-0.15, -0.1) is 23.2 Å². The summed E-state index contributed by atoms with van der Waals surface area (Å²) in [6, 6.07) is 0. The number of hydrogen-bond acceptors (Lipinski definition) is 2. The van der Waals surface area contributed by atoms with Gasteiger partial charge < -0.3 is 9.80 Å². The molecule has 0 aliphatic rings. The zero-order valence-corrected chi connectivity index (χ0v) is 12.6. The fraction of sp³-hybridized carbons (Fsp3) is 1.00. The molecular weight excluding hydrogens is 243 g/mol. The van der Waals surface area contributed by atoms with E-state index in [1.807, 2.05) is 0 Å². The van der Waals surface area contributed by atoms with Crippen molar-refractivity contribution >= 4 is 23.2 Å². The minimum Gasteiger partial charge on any atom is -0.302 e. The Labute approximate surface area is 111 Å². The summed E-state index contributed by atoms with van der Waals surface area (Å²) in [5, 5.41) is 0.0596. The van der Waals surface area contributed by atoms with Crippen molar-refractivity contribution in [1.29, 1.82) is 0 Å². The number of alkyl halides is 2. The molecule has 0 aliphatic heterocycles. The van der Waals surface area contributed by atoms with Crippen LogP contribution in [-0.4, -0.2) is 59.8 Å². The molecule has 0 aromatic heterocycles. The Bertz CT molecular complexity index is 141. The molecule has 0 aromatic rings. The number of hydrogen-bond donors (Lipinski definition) is 0. The van der Waals surface area contributed by atoms with Crippen molar-refractivity contribution in [3.8, 4) is 0 Å². The molecule has 0 amide bonds. The van der Waals surface area contributed by atoms with E-state index in [0.29, 0.717) is 0 Å². The van der Waals surface area contributed by atoms with Crippen molar-refractivity contribution < 1.29 is 0 Å². The summed E-state index contributed by atoms with van der Waals surface area (Å²) in [7, 11) is 0. The highest BCUT2D eigenvalue weighted by molar-refractivity contribution is 6.30. The van der Waals surface area contributed by atoms with Crippen LogP contribution < -0.4 is 0 Å². The lowest BCUT2D eigenvalue weighted by molar-refractivity contribution is 0.271. The van der Waals surface area contributed by atoms with Crippen molar-refractivity contribution in [3.05, 3.63) is 0 Å². The summed E-state index contributed by atoms with van der Waals surface area (Å²) >= 11 is 12.7. The van der Waals surface area contributed by atoms with Crippen LogP contribution >= 0.6 is 23.2 Å². The minimum atomic E-state index is 0.0298. The van der Waals surface area contributed by atoms with E-state index >= 15 is 0 Å². The van der Waals surface area contributed by atoms with Crippen molar-refractivity contribution in [2.75, 3.05) is 39.3 Å². The lowest BCUT2D eigenvalue weighted by Gasteiger charge is -2.27. The smallest absolute Gasteiger partial charge is 0.0639 e. The summed E-state index contributed by atoms with van der Waals surface area (Å²) in [5.74, 6) is 0. The fourth-order valence-electron chi connectivity index (χ4n) is 1.69. The first-order valence-corrected chi connectivity index (χ1v) is 7.18. The van der Waals surface area contributed by atoms with Crippen LogP contribution in [0.2, 0.25) is 0 Å². The first-order valence-electron chi connectivity index (χ1n) is 6.31. The predicted octanol–water partition coefficient (Wildman–Crippen LogP) is 2.88. The largest absolute Gasteiger partial charge is 0.302 e. The van der Waals surface area contributed by atoms with Gasteiger partial charge in [0.1, 0.15) is 0 Å². The Balaban J connectivity index is 4.01. The maximum atomic E-state index is 6.34. The van der Waals surface area contributed by atoms with Gasteiger partial charge in [0.25, 0.3) is 0 Å². The number of rotatable bonds is 9. The van der Waals surface area contributed by atoms with E-state index in [4.69, 9.17) is 23.2 Å². The molecule has 0 saturated heterocycles. The molecule has 0 radical (unpaired) electrons. The SMILES string of the molecule is CCN(CC)CC(Cl)C(Cl)CN(CC)CC. The third-order valence-corrected chi connectivity index (χ3v) is 4.06. The number of halogens is 2. The van der Waals surface area contributed by atoms with Crippen LogP contribution in [0.25, 0.3) is 0 Å². The van der Waals surface area contributed by atoms with Crippen molar-refractivity contribution in [1.82, 2.24) is 9.80 Å². The van der Waals surface area contributed by atoms with Gasteiger partial charge in [0.2, 0.25) is 0 Å². The van der Waals surface area contributed by atoms with Gasteiger partial charge in [-0.3, -0.25) is 0 Å². The zero-order chi connectivity index (χ0) is 12.6. The highest BCUT2D eigenvalue weighted by Crippen LogP contribution is 2.13. The van der Waals surface area contributed by atoms with E-state index in [1.165, 1.54) is 0 Å². The van der Waals surface area contributed by atoms with Crippen LogP contribution in [0.5, 0.6) is 0 Å². The molecule has 0 spiro atoms. The van der Waals surface area contributed by atoms with Crippen LogP contribution in [0, 0.1) is 0 Å². The van der Waals surface area contributed by atoms with Gasteiger partial charge in [0.05, 0.1) is 10.8 Å². The van der Waals surface area contributed by atoms with E-state index in [0.717, 1.165) is 39.3 Å². The van der Waals surface area contributed by atoms with E-state index in [1.54, 1.807) is 0 Å². The quantitative estimate of drug-likeness (QED) is 0.594. The lowest BCUT2D eigenvalue weighted by atomic mass is 10.2. The molecule has 2 atom stereocenters. The molecule has 0 aromatic carbocycles. The van der Waals surface area contributed by atoms with E-state index in [-0.39, 0.29) is 10.8 Å². The molecule has 98 valence electrons. The molecule has 0 rings (SSSR count). The minimum absolute atomic E-state index is 0.0298. The van der Waals surface area contributed by atoms with Crippen molar-refractivity contribution in [3.63, 3.8) is 0 Å². The lowest BCUT2D eigenvalue weighted by Crippen LogP contribution is -2.39. The molecule has 2 unspecified atom stereocenters. The summed E-state index contributed by atoms with van der Waals surface area (Å²) < 4.78 is 0. The molecular formula is C12H26Cl2N2. The average Bonchev–Trinajstić information content (AvgIpc) is 2.32. The summed E-state index contributed by atoms with van der Waals surface area (Å²) in [6.07, 6.45) is 0. The van der Waals surface area contributed by atoms with Gasteiger partial charge in [-0.05, 0) is 26.2 Å².